The van der Waals surface area contributed by atoms with E-state index in [9.17, 15) is 0 Å². The molecule has 53 heavy (non-hydrogen) atoms. The summed E-state index contributed by atoms with van der Waals surface area (Å²) in [7, 11) is 0. The summed E-state index contributed by atoms with van der Waals surface area (Å²) in [6.45, 7) is 0. The zero-order valence-electron chi connectivity index (χ0n) is 29.8. The van der Waals surface area contributed by atoms with Crippen molar-refractivity contribution in [3.63, 3.8) is 0 Å². The third-order valence-corrected chi connectivity index (χ3v) is 10.7. The molecular formula is C52H41N. The van der Waals surface area contributed by atoms with Gasteiger partial charge in [0.05, 0.1) is 6.04 Å². The van der Waals surface area contributed by atoms with Gasteiger partial charge in [-0.3, -0.25) is 0 Å². The number of fused-ring (bicyclic) bond motifs is 2. The highest BCUT2D eigenvalue weighted by Crippen LogP contribution is 2.42. The number of allylic oxidation sites excluding steroid dienone is 4. The van der Waals surface area contributed by atoms with Gasteiger partial charge in [-0.25, -0.2) is 0 Å². The van der Waals surface area contributed by atoms with Crippen molar-refractivity contribution in [2.75, 3.05) is 4.90 Å². The van der Waals surface area contributed by atoms with Gasteiger partial charge in [-0.15, -0.1) is 0 Å². The zero-order chi connectivity index (χ0) is 35.4. The summed E-state index contributed by atoms with van der Waals surface area (Å²) < 4.78 is 0. The molecule has 0 heterocycles. The van der Waals surface area contributed by atoms with E-state index in [0.717, 1.165) is 19.3 Å². The lowest BCUT2D eigenvalue weighted by molar-refractivity contribution is 0.702. The Hall–Kier alpha value is -6.44. The van der Waals surface area contributed by atoms with Gasteiger partial charge < -0.3 is 4.90 Å². The predicted molar refractivity (Wildman–Crippen MR) is 227 cm³/mol. The van der Waals surface area contributed by atoms with Gasteiger partial charge >= 0.3 is 0 Å². The fourth-order valence-corrected chi connectivity index (χ4v) is 7.91. The summed E-state index contributed by atoms with van der Waals surface area (Å²) in [6, 6.07) is 62.4. The van der Waals surface area contributed by atoms with Crippen molar-refractivity contribution in [1.82, 2.24) is 0 Å². The molecule has 7 aromatic carbocycles. The molecule has 1 heteroatoms. The minimum atomic E-state index is 0.200. The molecule has 0 aromatic heterocycles. The van der Waals surface area contributed by atoms with Crippen LogP contribution < -0.4 is 4.90 Å². The third-order valence-electron chi connectivity index (χ3n) is 10.7. The summed E-state index contributed by atoms with van der Waals surface area (Å²) in [5.41, 5.74) is 15.0. The molecule has 0 spiro atoms. The largest absolute Gasteiger partial charge is 0.334 e. The molecule has 0 saturated heterocycles. The molecule has 0 saturated carbocycles. The van der Waals surface area contributed by atoms with Crippen molar-refractivity contribution >= 4 is 45.4 Å². The number of rotatable bonds is 8. The molecule has 7 aromatic rings. The van der Waals surface area contributed by atoms with Crippen molar-refractivity contribution in [3.8, 4) is 11.1 Å². The van der Waals surface area contributed by atoms with E-state index in [2.05, 4.69) is 211 Å². The summed E-state index contributed by atoms with van der Waals surface area (Å²) >= 11 is 0. The normalized spacial score (nSPS) is 15.2. The maximum Gasteiger partial charge on any atom is 0.0631 e. The van der Waals surface area contributed by atoms with Crippen LogP contribution in [0.4, 0.5) is 11.4 Å². The van der Waals surface area contributed by atoms with Crippen LogP contribution in [-0.2, 0) is 0 Å². The average molecular weight is 680 g/mol. The molecule has 0 radical (unpaired) electrons. The van der Waals surface area contributed by atoms with E-state index in [-0.39, 0.29) is 6.04 Å². The molecule has 254 valence electrons. The first-order chi connectivity index (χ1) is 26.3. The lowest BCUT2D eigenvalue weighted by Crippen LogP contribution is -2.25. The molecular weight excluding hydrogens is 639 g/mol. The number of hydrogen-bond donors (Lipinski definition) is 0. The molecule has 9 rings (SSSR count). The number of nitrogens with zero attached hydrogens (tertiary/aromatic N) is 1. The Balaban J connectivity index is 1.02. The van der Waals surface area contributed by atoms with E-state index in [1.807, 2.05) is 0 Å². The van der Waals surface area contributed by atoms with E-state index in [1.165, 1.54) is 77.8 Å². The first kappa shape index (κ1) is 32.5. The molecule has 2 aliphatic rings. The van der Waals surface area contributed by atoms with E-state index < -0.39 is 0 Å². The summed E-state index contributed by atoms with van der Waals surface area (Å²) in [5.74, 6) is 0. The molecule has 1 atom stereocenters. The van der Waals surface area contributed by atoms with Crippen LogP contribution in [-0.4, -0.2) is 0 Å². The van der Waals surface area contributed by atoms with Gasteiger partial charge in [0.2, 0.25) is 0 Å². The van der Waals surface area contributed by atoms with Crippen molar-refractivity contribution in [1.29, 1.82) is 0 Å². The first-order valence-electron chi connectivity index (χ1n) is 18.7. The fourth-order valence-electron chi connectivity index (χ4n) is 7.91. The summed E-state index contributed by atoms with van der Waals surface area (Å²) in [6.07, 6.45) is 16.7. The van der Waals surface area contributed by atoms with Crippen molar-refractivity contribution in [3.05, 3.63) is 228 Å². The van der Waals surface area contributed by atoms with Gasteiger partial charge in [0.1, 0.15) is 0 Å². The van der Waals surface area contributed by atoms with Gasteiger partial charge in [-0.05, 0) is 116 Å². The van der Waals surface area contributed by atoms with Crippen LogP contribution >= 0.6 is 0 Å². The van der Waals surface area contributed by atoms with Crippen molar-refractivity contribution in [2.45, 2.75) is 25.3 Å². The van der Waals surface area contributed by atoms with Gasteiger partial charge in [-0.1, -0.05) is 176 Å². The molecule has 0 N–H and O–H groups in total. The second kappa shape index (κ2) is 14.7. The van der Waals surface area contributed by atoms with Crippen LogP contribution in [0.15, 0.2) is 194 Å². The Morgan fingerprint density at radius 1 is 0.547 bits per heavy atom. The average Bonchev–Trinajstić information content (AvgIpc) is 3.24. The van der Waals surface area contributed by atoms with Crippen LogP contribution in [0.25, 0.3) is 45.2 Å². The summed E-state index contributed by atoms with van der Waals surface area (Å²) in [4.78, 5) is 2.52. The van der Waals surface area contributed by atoms with E-state index >= 15 is 0 Å². The first-order valence-corrected chi connectivity index (χ1v) is 18.7. The SMILES string of the molecule is C1=CCCC(c2ccc(/C(=C/c3ccc(-c4ccc(N(c5ccc6ccccc6c5)C5CC=Cc6ccccc65)cc4)cc3)c3ccccc3)cc2)=C1. The van der Waals surface area contributed by atoms with Gasteiger partial charge in [-0.2, -0.15) is 0 Å². The Morgan fingerprint density at radius 2 is 1.21 bits per heavy atom. The molecule has 1 unspecified atom stereocenters. The van der Waals surface area contributed by atoms with Crippen molar-refractivity contribution < 1.29 is 0 Å². The zero-order valence-corrected chi connectivity index (χ0v) is 29.8. The highest BCUT2D eigenvalue weighted by molar-refractivity contribution is 5.92. The Labute approximate surface area is 313 Å². The standard InChI is InChI=1S/C52H41N/c1-3-12-39(13-4-1)42-26-28-46(29-27-42)51(45-15-5-2-6-16-45)36-38-22-24-41(25-23-38)43-30-33-48(34-31-43)53(49-35-32-40-14-7-8-18-47(40)37-49)52-21-11-19-44-17-9-10-20-50(44)52/h1-3,5-12,14-20,22-37,52H,4,13,21H2/b51-36+. The van der Waals surface area contributed by atoms with Gasteiger partial charge in [0.25, 0.3) is 0 Å². The predicted octanol–water partition coefficient (Wildman–Crippen LogP) is 14.1. The van der Waals surface area contributed by atoms with Crippen LogP contribution in [0.3, 0.4) is 0 Å². The van der Waals surface area contributed by atoms with Crippen LogP contribution in [0.1, 0.15) is 58.7 Å². The topological polar surface area (TPSA) is 3.24 Å². The lowest BCUT2D eigenvalue weighted by atomic mass is 9.90. The molecule has 1 nitrogen and oxygen atoms in total. The molecule has 0 amide bonds. The Bertz CT molecular complexity index is 2500. The molecule has 0 aliphatic heterocycles. The Morgan fingerprint density at radius 3 is 1.98 bits per heavy atom. The second-order valence-electron chi connectivity index (χ2n) is 14.0. The Kier molecular flexibility index (Phi) is 8.98. The number of anilines is 2. The van der Waals surface area contributed by atoms with E-state index in [1.54, 1.807) is 0 Å². The highest BCUT2D eigenvalue weighted by atomic mass is 15.2. The van der Waals surface area contributed by atoms with Crippen LogP contribution in [0.2, 0.25) is 0 Å². The smallest absolute Gasteiger partial charge is 0.0631 e. The lowest BCUT2D eigenvalue weighted by Gasteiger charge is -2.36. The molecule has 0 bridgehead atoms. The van der Waals surface area contributed by atoms with Crippen LogP contribution in [0, 0.1) is 0 Å². The quantitative estimate of drug-likeness (QED) is 0.145. The summed E-state index contributed by atoms with van der Waals surface area (Å²) in [5, 5.41) is 2.51. The minimum Gasteiger partial charge on any atom is -0.334 e. The van der Waals surface area contributed by atoms with E-state index in [0.29, 0.717) is 0 Å². The van der Waals surface area contributed by atoms with Gasteiger partial charge in [0.15, 0.2) is 0 Å². The van der Waals surface area contributed by atoms with Crippen LogP contribution in [0.5, 0.6) is 0 Å². The fraction of sp³-hybridized carbons (Fsp3) is 0.0769. The number of benzene rings is 7. The maximum absolute atomic E-state index is 2.52. The second-order valence-corrected chi connectivity index (χ2v) is 14.0. The number of hydrogen-bond acceptors (Lipinski definition) is 1. The third kappa shape index (κ3) is 6.82. The van der Waals surface area contributed by atoms with Gasteiger partial charge in [0, 0.05) is 11.4 Å². The molecule has 0 fully saturated rings. The molecule has 2 aliphatic carbocycles. The minimum absolute atomic E-state index is 0.200. The monoisotopic (exact) mass is 679 g/mol. The van der Waals surface area contributed by atoms with E-state index in [4.69, 9.17) is 0 Å². The highest BCUT2D eigenvalue weighted by Gasteiger charge is 2.26. The van der Waals surface area contributed by atoms with Crippen molar-refractivity contribution in [2.24, 2.45) is 0 Å². The maximum atomic E-state index is 2.52.